The molecule has 0 atom stereocenters. The first-order valence-corrected chi connectivity index (χ1v) is 8.31. The molecular weight excluding hydrogens is 353 g/mol. The number of aromatic nitrogens is 1. The first-order chi connectivity index (χ1) is 9.28. The summed E-state index contributed by atoms with van der Waals surface area (Å²) in [7, 11) is 0. The van der Waals surface area contributed by atoms with E-state index in [4.69, 9.17) is 0 Å². The van der Waals surface area contributed by atoms with E-state index >= 15 is 0 Å². The van der Waals surface area contributed by atoms with E-state index in [1.54, 1.807) is 11.8 Å². The summed E-state index contributed by atoms with van der Waals surface area (Å²) in [6.45, 7) is 4.54. The highest BCUT2D eigenvalue weighted by Crippen LogP contribution is 2.36. The predicted octanol–water partition coefficient (Wildman–Crippen LogP) is 5.20. The van der Waals surface area contributed by atoms with E-state index < -0.39 is 11.7 Å². The molecule has 2 nitrogen and oxygen atoms in total. The molecule has 114 valence electrons. The molecule has 0 fully saturated rings. The van der Waals surface area contributed by atoms with Gasteiger partial charge in [0.2, 0.25) is 0 Å². The van der Waals surface area contributed by atoms with Gasteiger partial charge in [0.05, 0.1) is 5.56 Å². The lowest BCUT2D eigenvalue weighted by Gasteiger charge is -2.30. The largest absolute Gasteiger partial charge is 0.419 e. The molecular formula is C13H18BrF3N2S. The topological polar surface area (TPSA) is 24.9 Å². The Balaban J connectivity index is 2.98. The van der Waals surface area contributed by atoms with Gasteiger partial charge < -0.3 is 5.32 Å². The predicted molar refractivity (Wildman–Crippen MR) is 82.3 cm³/mol. The van der Waals surface area contributed by atoms with Crippen molar-refractivity contribution in [2.24, 2.45) is 0 Å². The van der Waals surface area contributed by atoms with Gasteiger partial charge >= 0.3 is 6.18 Å². The molecule has 0 spiro atoms. The van der Waals surface area contributed by atoms with Crippen molar-refractivity contribution in [2.75, 3.05) is 18.1 Å². The van der Waals surface area contributed by atoms with Crippen LogP contribution in [0.25, 0.3) is 0 Å². The van der Waals surface area contributed by atoms with Crippen LogP contribution in [0.1, 0.15) is 32.3 Å². The molecule has 0 bridgehead atoms. The third kappa shape index (κ3) is 4.28. The second-order valence-corrected chi connectivity index (χ2v) is 6.69. The van der Waals surface area contributed by atoms with Crippen LogP contribution in [-0.4, -0.2) is 22.5 Å². The molecule has 1 heterocycles. The first-order valence-electron chi connectivity index (χ1n) is 6.29. The van der Waals surface area contributed by atoms with Gasteiger partial charge in [-0.25, -0.2) is 4.98 Å². The number of thioether (sulfide) groups is 1. The average molecular weight is 371 g/mol. The highest BCUT2D eigenvalue weighted by Gasteiger charge is 2.35. The molecule has 1 N–H and O–H groups in total. The molecule has 0 radical (unpaired) electrons. The summed E-state index contributed by atoms with van der Waals surface area (Å²) in [5.74, 6) is -0.110. The van der Waals surface area contributed by atoms with Crippen LogP contribution in [-0.2, 0) is 6.18 Å². The van der Waals surface area contributed by atoms with Crippen LogP contribution in [0.3, 0.4) is 0 Å². The Morgan fingerprint density at radius 1 is 1.30 bits per heavy atom. The van der Waals surface area contributed by atoms with Crippen LogP contribution in [0.15, 0.2) is 16.7 Å². The fraction of sp³-hybridized carbons (Fsp3) is 0.615. The highest BCUT2D eigenvalue weighted by molar-refractivity contribution is 9.10. The molecule has 0 saturated carbocycles. The van der Waals surface area contributed by atoms with Gasteiger partial charge in [-0.15, -0.1) is 0 Å². The molecule has 0 amide bonds. The van der Waals surface area contributed by atoms with Crippen molar-refractivity contribution >= 4 is 33.5 Å². The zero-order valence-electron chi connectivity index (χ0n) is 11.6. The Hall–Kier alpha value is -0.430. The number of hydrogen-bond acceptors (Lipinski definition) is 3. The maximum absolute atomic E-state index is 13.0. The zero-order valence-corrected chi connectivity index (χ0v) is 14.0. The van der Waals surface area contributed by atoms with Gasteiger partial charge in [-0.3, -0.25) is 0 Å². The molecule has 0 aromatic carbocycles. The van der Waals surface area contributed by atoms with Gasteiger partial charge in [-0.05, 0) is 41.1 Å². The van der Waals surface area contributed by atoms with Gasteiger partial charge in [0.25, 0.3) is 0 Å². The molecule has 0 aliphatic heterocycles. The standard InChI is InChI=1S/C13H18BrF3N2S/c1-4-12(5-2,20-3)8-19-11-10(13(15,16)17)6-9(14)7-18-11/h6-7H,4-5,8H2,1-3H3,(H,18,19). The number of rotatable bonds is 6. The Labute approximate surface area is 130 Å². The SMILES string of the molecule is CCC(CC)(CNc1ncc(Br)cc1C(F)(F)F)SC. The summed E-state index contributed by atoms with van der Waals surface area (Å²) in [5.41, 5.74) is -0.742. The third-order valence-corrected chi connectivity index (χ3v) is 5.48. The van der Waals surface area contributed by atoms with Crippen molar-refractivity contribution in [1.82, 2.24) is 4.98 Å². The van der Waals surface area contributed by atoms with E-state index in [9.17, 15) is 13.2 Å². The number of hydrogen-bond donors (Lipinski definition) is 1. The van der Waals surface area contributed by atoms with Crippen molar-refractivity contribution in [1.29, 1.82) is 0 Å². The van der Waals surface area contributed by atoms with Gasteiger partial charge in [-0.1, -0.05) is 13.8 Å². The monoisotopic (exact) mass is 370 g/mol. The average Bonchev–Trinajstić information content (AvgIpc) is 2.41. The van der Waals surface area contributed by atoms with Gasteiger partial charge in [-0.2, -0.15) is 24.9 Å². The van der Waals surface area contributed by atoms with E-state index in [0.29, 0.717) is 11.0 Å². The van der Waals surface area contributed by atoms with Crippen molar-refractivity contribution in [3.8, 4) is 0 Å². The summed E-state index contributed by atoms with van der Waals surface area (Å²) in [4.78, 5) is 3.86. The fourth-order valence-electron chi connectivity index (χ4n) is 1.90. The maximum atomic E-state index is 13.0. The Morgan fingerprint density at radius 3 is 2.35 bits per heavy atom. The van der Waals surface area contributed by atoms with Crippen LogP contribution in [0.2, 0.25) is 0 Å². The molecule has 20 heavy (non-hydrogen) atoms. The second kappa shape index (κ2) is 7.02. The Morgan fingerprint density at radius 2 is 1.90 bits per heavy atom. The lowest BCUT2D eigenvalue weighted by molar-refractivity contribution is -0.137. The van der Waals surface area contributed by atoms with Crippen LogP contribution in [0, 0.1) is 0 Å². The van der Waals surface area contributed by atoms with Gasteiger partial charge in [0.1, 0.15) is 5.82 Å². The molecule has 7 heteroatoms. The Bertz CT molecular complexity index is 439. The quantitative estimate of drug-likeness (QED) is 0.744. The molecule has 0 unspecified atom stereocenters. The lowest BCUT2D eigenvalue weighted by atomic mass is 10.0. The summed E-state index contributed by atoms with van der Waals surface area (Å²) in [5, 5.41) is 2.87. The summed E-state index contributed by atoms with van der Waals surface area (Å²) < 4.78 is 39.2. The van der Waals surface area contributed by atoms with Crippen molar-refractivity contribution in [3.05, 3.63) is 22.3 Å². The van der Waals surface area contributed by atoms with Crippen LogP contribution in [0.5, 0.6) is 0 Å². The summed E-state index contributed by atoms with van der Waals surface area (Å²) >= 11 is 4.70. The van der Waals surface area contributed by atoms with E-state index in [1.165, 1.54) is 6.20 Å². The first kappa shape index (κ1) is 17.6. The number of nitrogens with one attached hydrogen (secondary N) is 1. The van der Waals surface area contributed by atoms with Crippen LogP contribution < -0.4 is 5.32 Å². The summed E-state index contributed by atoms with van der Waals surface area (Å²) in [6, 6.07) is 1.05. The van der Waals surface area contributed by atoms with Crippen LogP contribution >= 0.6 is 27.7 Å². The van der Waals surface area contributed by atoms with Crippen LogP contribution in [0.4, 0.5) is 19.0 Å². The second-order valence-electron chi connectivity index (χ2n) is 4.50. The minimum Gasteiger partial charge on any atom is -0.368 e. The van der Waals surface area contributed by atoms with E-state index in [-0.39, 0.29) is 10.6 Å². The molecule has 0 aliphatic rings. The summed E-state index contributed by atoms with van der Waals surface area (Å²) in [6.07, 6.45) is 0.704. The molecule has 0 saturated heterocycles. The molecule has 0 aliphatic carbocycles. The lowest BCUT2D eigenvalue weighted by Crippen LogP contribution is -2.32. The number of halogens is 4. The third-order valence-electron chi connectivity index (χ3n) is 3.46. The smallest absolute Gasteiger partial charge is 0.368 e. The minimum atomic E-state index is -4.42. The van der Waals surface area contributed by atoms with Gasteiger partial charge in [0, 0.05) is 22.0 Å². The van der Waals surface area contributed by atoms with Crippen molar-refractivity contribution in [2.45, 2.75) is 37.6 Å². The number of alkyl halides is 3. The van der Waals surface area contributed by atoms with E-state index in [0.717, 1.165) is 18.9 Å². The van der Waals surface area contributed by atoms with Crippen molar-refractivity contribution in [3.63, 3.8) is 0 Å². The maximum Gasteiger partial charge on any atom is 0.419 e. The minimum absolute atomic E-state index is 0.0718. The normalized spacial score (nSPS) is 12.6. The number of anilines is 1. The molecule has 1 aromatic heterocycles. The number of pyridine rings is 1. The highest BCUT2D eigenvalue weighted by atomic mass is 79.9. The Kier molecular flexibility index (Phi) is 6.19. The fourth-order valence-corrected chi connectivity index (χ4v) is 3.03. The zero-order chi connectivity index (χ0) is 15.4. The van der Waals surface area contributed by atoms with E-state index in [2.05, 4.69) is 26.2 Å². The number of nitrogens with zero attached hydrogens (tertiary/aromatic N) is 1. The molecule has 1 rings (SSSR count). The van der Waals surface area contributed by atoms with Gasteiger partial charge in [0.15, 0.2) is 0 Å². The molecule has 1 aromatic rings. The van der Waals surface area contributed by atoms with E-state index in [1.807, 2.05) is 20.1 Å². The van der Waals surface area contributed by atoms with Crippen molar-refractivity contribution < 1.29 is 13.2 Å².